The summed E-state index contributed by atoms with van der Waals surface area (Å²) < 4.78 is 19.2. The molecule has 0 spiro atoms. The predicted octanol–water partition coefficient (Wildman–Crippen LogP) is 2.79. The van der Waals surface area contributed by atoms with Crippen LogP contribution < -0.4 is 10.5 Å². The molecule has 106 valence electrons. The van der Waals surface area contributed by atoms with Crippen LogP contribution in [0.25, 0.3) is 0 Å². The number of hydrogen-bond donors (Lipinski definition) is 2. The van der Waals surface area contributed by atoms with Gasteiger partial charge in [0.2, 0.25) is 0 Å². The Hall–Kier alpha value is -1.91. The first-order valence-corrected chi connectivity index (χ1v) is 6.48. The quantitative estimate of drug-likeness (QED) is 0.882. The Balaban J connectivity index is 2.31. The molecule has 2 rings (SSSR count). The molecule has 0 saturated carbocycles. The molecule has 2 atom stereocenters. The summed E-state index contributed by atoms with van der Waals surface area (Å²) in [5, 5.41) is 9.31. The van der Waals surface area contributed by atoms with Gasteiger partial charge in [-0.05, 0) is 30.7 Å². The highest BCUT2D eigenvalue weighted by Gasteiger charge is 2.19. The third-order valence-corrected chi connectivity index (χ3v) is 3.05. The topological polar surface area (TPSA) is 55.5 Å². The first-order valence-electron chi connectivity index (χ1n) is 6.48. The van der Waals surface area contributed by atoms with Crippen LogP contribution >= 0.6 is 0 Å². The van der Waals surface area contributed by atoms with E-state index < -0.39 is 6.10 Å². The third-order valence-electron chi connectivity index (χ3n) is 3.05. The highest BCUT2D eigenvalue weighted by Crippen LogP contribution is 2.27. The van der Waals surface area contributed by atoms with E-state index in [1.807, 2.05) is 12.1 Å². The summed E-state index contributed by atoms with van der Waals surface area (Å²) in [4.78, 5) is 0. The molecule has 3 N–H and O–H groups in total. The molecule has 2 aromatic rings. The van der Waals surface area contributed by atoms with Gasteiger partial charge in [-0.3, -0.25) is 0 Å². The van der Waals surface area contributed by atoms with Crippen molar-refractivity contribution in [2.24, 2.45) is 5.73 Å². The minimum Gasteiger partial charge on any atom is -0.484 e. The summed E-state index contributed by atoms with van der Waals surface area (Å²) in [7, 11) is 0. The van der Waals surface area contributed by atoms with Crippen LogP contribution in [-0.4, -0.2) is 11.1 Å². The van der Waals surface area contributed by atoms with Crippen molar-refractivity contribution >= 4 is 0 Å². The van der Waals surface area contributed by atoms with Crippen LogP contribution in [0.5, 0.6) is 5.75 Å². The first kappa shape index (κ1) is 14.5. The van der Waals surface area contributed by atoms with Crippen molar-refractivity contribution < 1.29 is 14.2 Å². The van der Waals surface area contributed by atoms with Gasteiger partial charge in [-0.25, -0.2) is 4.39 Å². The highest BCUT2D eigenvalue weighted by molar-refractivity contribution is 5.34. The maximum Gasteiger partial charge on any atom is 0.139 e. The van der Waals surface area contributed by atoms with E-state index in [9.17, 15) is 9.50 Å². The normalized spacial score (nSPS) is 13.8. The van der Waals surface area contributed by atoms with Crippen molar-refractivity contribution in [2.75, 3.05) is 0 Å². The maximum absolute atomic E-state index is 13.3. The third kappa shape index (κ3) is 3.35. The van der Waals surface area contributed by atoms with Gasteiger partial charge in [-0.2, -0.15) is 0 Å². The molecule has 0 aliphatic carbocycles. The zero-order valence-electron chi connectivity index (χ0n) is 11.3. The summed E-state index contributed by atoms with van der Waals surface area (Å²) in [6.07, 6.45) is -0.474. The summed E-state index contributed by atoms with van der Waals surface area (Å²) in [5.41, 5.74) is 7.30. The number of nitrogens with two attached hydrogens (primary N) is 1. The number of hydrogen-bond acceptors (Lipinski definition) is 3. The van der Waals surface area contributed by atoms with E-state index in [0.29, 0.717) is 16.9 Å². The lowest BCUT2D eigenvalue weighted by atomic mass is 10.0. The zero-order chi connectivity index (χ0) is 14.5. The van der Waals surface area contributed by atoms with E-state index in [1.165, 1.54) is 12.1 Å². The van der Waals surface area contributed by atoms with Gasteiger partial charge in [0.15, 0.2) is 0 Å². The Morgan fingerprint density at radius 3 is 2.60 bits per heavy atom. The van der Waals surface area contributed by atoms with E-state index in [1.54, 1.807) is 31.2 Å². The van der Waals surface area contributed by atoms with Gasteiger partial charge in [0, 0.05) is 11.6 Å². The SMILES string of the molecule is CC(N)C(Oc1ccccc1CO)c1cccc(F)c1. The van der Waals surface area contributed by atoms with Crippen LogP contribution in [0.1, 0.15) is 24.2 Å². The predicted molar refractivity (Wildman–Crippen MR) is 75.8 cm³/mol. The number of aliphatic hydroxyl groups is 1. The second kappa shape index (κ2) is 6.50. The van der Waals surface area contributed by atoms with Crippen molar-refractivity contribution in [3.63, 3.8) is 0 Å². The summed E-state index contributed by atoms with van der Waals surface area (Å²) in [5.74, 6) is 0.230. The van der Waals surface area contributed by atoms with Crippen molar-refractivity contribution in [3.8, 4) is 5.75 Å². The minimum atomic E-state index is -0.474. The number of benzene rings is 2. The molecule has 3 nitrogen and oxygen atoms in total. The number of rotatable bonds is 5. The largest absolute Gasteiger partial charge is 0.484 e. The Labute approximate surface area is 117 Å². The molecule has 0 fully saturated rings. The summed E-state index contributed by atoms with van der Waals surface area (Å²) in [6, 6.07) is 13.1. The lowest BCUT2D eigenvalue weighted by molar-refractivity contribution is 0.173. The van der Waals surface area contributed by atoms with Crippen molar-refractivity contribution in [1.82, 2.24) is 0 Å². The molecule has 0 amide bonds. The van der Waals surface area contributed by atoms with Gasteiger partial charge < -0.3 is 15.6 Å². The van der Waals surface area contributed by atoms with Gasteiger partial charge in [0.1, 0.15) is 17.7 Å². The Kier molecular flexibility index (Phi) is 4.71. The molecule has 0 saturated heterocycles. The monoisotopic (exact) mass is 275 g/mol. The fourth-order valence-electron chi connectivity index (χ4n) is 2.05. The lowest BCUT2D eigenvalue weighted by Gasteiger charge is -2.24. The minimum absolute atomic E-state index is 0.120. The smallest absolute Gasteiger partial charge is 0.139 e. The second-order valence-electron chi connectivity index (χ2n) is 4.72. The van der Waals surface area contributed by atoms with E-state index in [-0.39, 0.29) is 18.5 Å². The lowest BCUT2D eigenvalue weighted by Crippen LogP contribution is -2.29. The van der Waals surface area contributed by atoms with Crippen LogP contribution in [0, 0.1) is 5.82 Å². The molecule has 0 heterocycles. The van der Waals surface area contributed by atoms with E-state index in [2.05, 4.69) is 0 Å². The van der Waals surface area contributed by atoms with E-state index in [0.717, 1.165) is 0 Å². The molecule has 2 aromatic carbocycles. The summed E-state index contributed by atoms with van der Waals surface area (Å²) in [6.45, 7) is 1.68. The standard InChI is InChI=1S/C16H18FNO2/c1-11(18)16(12-6-4-7-14(17)9-12)20-15-8-3-2-5-13(15)10-19/h2-9,11,16,19H,10,18H2,1H3. The number of halogens is 1. The average molecular weight is 275 g/mol. The Morgan fingerprint density at radius 1 is 1.20 bits per heavy atom. The van der Waals surface area contributed by atoms with E-state index >= 15 is 0 Å². The van der Waals surface area contributed by atoms with Gasteiger partial charge in [0.25, 0.3) is 0 Å². The fraction of sp³-hybridized carbons (Fsp3) is 0.250. The molecule has 0 aromatic heterocycles. The molecule has 20 heavy (non-hydrogen) atoms. The first-order chi connectivity index (χ1) is 9.61. The molecule has 0 bridgehead atoms. The number of para-hydroxylation sites is 1. The number of ether oxygens (including phenoxy) is 1. The van der Waals surface area contributed by atoms with Crippen LogP contribution in [-0.2, 0) is 6.61 Å². The van der Waals surface area contributed by atoms with Gasteiger partial charge in [0.05, 0.1) is 6.61 Å². The van der Waals surface area contributed by atoms with Crippen molar-refractivity contribution in [2.45, 2.75) is 25.7 Å². The van der Waals surface area contributed by atoms with Crippen LogP contribution in [0.4, 0.5) is 4.39 Å². The van der Waals surface area contributed by atoms with Gasteiger partial charge in [-0.1, -0.05) is 30.3 Å². The van der Waals surface area contributed by atoms with E-state index in [4.69, 9.17) is 10.5 Å². The van der Waals surface area contributed by atoms with Gasteiger partial charge >= 0.3 is 0 Å². The van der Waals surface area contributed by atoms with Crippen LogP contribution in [0.15, 0.2) is 48.5 Å². The molecular weight excluding hydrogens is 257 g/mol. The number of aliphatic hydroxyl groups excluding tert-OH is 1. The zero-order valence-corrected chi connectivity index (χ0v) is 11.3. The summed E-state index contributed by atoms with van der Waals surface area (Å²) >= 11 is 0. The highest BCUT2D eigenvalue weighted by atomic mass is 19.1. The van der Waals surface area contributed by atoms with Crippen LogP contribution in [0.2, 0.25) is 0 Å². The molecule has 0 aliphatic rings. The molecule has 4 heteroatoms. The maximum atomic E-state index is 13.3. The van der Waals surface area contributed by atoms with Gasteiger partial charge in [-0.15, -0.1) is 0 Å². The van der Waals surface area contributed by atoms with Crippen molar-refractivity contribution in [3.05, 3.63) is 65.5 Å². The average Bonchev–Trinajstić information content (AvgIpc) is 2.44. The molecule has 0 radical (unpaired) electrons. The molecule has 2 unspecified atom stereocenters. The Morgan fingerprint density at radius 2 is 1.95 bits per heavy atom. The Bertz CT molecular complexity index is 572. The second-order valence-corrected chi connectivity index (χ2v) is 4.72. The fourth-order valence-corrected chi connectivity index (χ4v) is 2.05. The van der Waals surface area contributed by atoms with Crippen LogP contribution in [0.3, 0.4) is 0 Å². The van der Waals surface area contributed by atoms with Crippen molar-refractivity contribution in [1.29, 1.82) is 0 Å². The molecular formula is C16H18FNO2. The molecule has 0 aliphatic heterocycles.